The Hall–Kier alpha value is -2.10. The van der Waals surface area contributed by atoms with E-state index in [1.165, 1.54) is 27.7 Å². The van der Waals surface area contributed by atoms with Gasteiger partial charge in [-0.1, -0.05) is 48.5 Å². The molecule has 1 atom stereocenters. The number of hydrogen-bond donors (Lipinski definition) is 2. The van der Waals surface area contributed by atoms with Gasteiger partial charge in [-0.25, -0.2) is 0 Å². The van der Waals surface area contributed by atoms with Gasteiger partial charge in [-0.2, -0.15) is 0 Å². The highest BCUT2D eigenvalue weighted by molar-refractivity contribution is 5.85. The molecular formula is C20H25N2O+. The van der Waals surface area contributed by atoms with Crippen LogP contribution in [0, 0.1) is 13.8 Å². The van der Waals surface area contributed by atoms with Crippen molar-refractivity contribution in [2.75, 3.05) is 6.54 Å². The lowest BCUT2D eigenvalue weighted by atomic mass is 10.2. The minimum atomic E-state index is -0.354. The van der Waals surface area contributed by atoms with Crippen molar-refractivity contribution in [1.29, 1.82) is 0 Å². The zero-order chi connectivity index (χ0) is 16.2. The third-order valence-corrected chi connectivity index (χ3v) is 4.60. The van der Waals surface area contributed by atoms with Crippen molar-refractivity contribution < 1.29 is 10.4 Å². The van der Waals surface area contributed by atoms with Crippen molar-refractivity contribution in [2.45, 2.75) is 33.0 Å². The number of nitrogens with zero attached hydrogens (tertiary/aromatic N) is 1. The summed E-state index contributed by atoms with van der Waals surface area (Å²) >= 11 is 0. The Morgan fingerprint density at radius 1 is 1.00 bits per heavy atom. The maximum Gasteiger partial charge on any atom is 0.121 e. The number of aromatic nitrogens is 1. The Kier molecular flexibility index (Phi) is 4.79. The molecule has 0 saturated carbocycles. The van der Waals surface area contributed by atoms with E-state index in [4.69, 9.17) is 0 Å². The van der Waals surface area contributed by atoms with Gasteiger partial charge in [0.1, 0.15) is 19.2 Å². The number of nitrogens with two attached hydrogens (primary N) is 1. The smallest absolute Gasteiger partial charge is 0.121 e. The standard InChI is InChI=1S/C20H24N2O/c1-15-16(2)22(20-11-7-6-10-19(15)20)14-18(23)13-21-12-17-8-4-3-5-9-17/h3-11,18,21,23H,12-14H2,1-2H3/p+1/t18-/m1/s1. The van der Waals surface area contributed by atoms with E-state index in [0.717, 1.165) is 6.54 Å². The second kappa shape index (κ2) is 6.99. The van der Waals surface area contributed by atoms with Crippen LogP contribution in [0.3, 0.4) is 0 Å². The van der Waals surface area contributed by atoms with Crippen molar-refractivity contribution in [2.24, 2.45) is 0 Å². The van der Waals surface area contributed by atoms with Crippen molar-refractivity contribution in [3.8, 4) is 0 Å². The molecule has 2 aromatic carbocycles. The third kappa shape index (κ3) is 3.46. The highest BCUT2D eigenvalue weighted by Crippen LogP contribution is 2.24. The molecule has 3 rings (SSSR count). The molecular weight excluding hydrogens is 284 g/mol. The van der Waals surface area contributed by atoms with E-state index in [1.54, 1.807) is 0 Å². The molecule has 1 aromatic heterocycles. The first-order valence-electron chi connectivity index (χ1n) is 8.25. The van der Waals surface area contributed by atoms with Crippen LogP contribution in [0.15, 0.2) is 54.6 Å². The Bertz CT molecular complexity index is 777. The fourth-order valence-electron chi connectivity index (χ4n) is 3.18. The summed E-state index contributed by atoms with van der Waals surface area (Å²) in [6.07, 6.45) is -0.354. The molecule has 3 heteroatoms. The predicted molar refractivity (Wildman–Crippen MR) is 94.4 cm³/mol. The van der Waals surface area contributed by atoms with Crippen LogP contribution >= 0.6 is 0 Å². The average Bonchev–Trinajstić information content (AvgIpc) is 2.81. The monoisotopic (exact) mass is 309 g/mol. The van der Waals surface area contributed by atoms with Gasteiger partial charge in [0, 0.05) is 22.2 Å². The number of aryl methyl sites for hydroxylation is 1. The molecule has 3 nitrogen and oxygen atoms in total. The average molecular weight is 309 g/mol. The van der Waals surface area contributed by atoms with E-state index in [-0.39, 0.29) is 6.10 Å². The second-order valence-corrected chi connectivity index (χ2v) is 6.21. The Morgan fingerprint density at radius 3 is 2.48 bits per heavy atom. The molecule has 120 valence electrons. The summed E-state index contributed by atoms with van der Waals surface area (Å²) in [5.74, 6) is 0. The van der Waals surface area contributed by atoms with Crippen molar-refractivity contribution in [3.63, 3.8) is 0 Å². The van der Waals surface area contributed by atoms with Crippen LogP contribution < -0.4 is 5.32 Å². The summed E-state index contributed by atoms with van der Waals surface area (Å²) in [5.41, 5.74) is 5.05. The van der Waals surface area contributed by atoms with E-state index >= 15 is 0 Å². The summed E-state index contributed by atoms with van der Waals surface area (Å²) in [6.45, 7) is 6.55. The number of hydrogen-bond acceptors (Lipinski definition) is 1. The van der Waals surface area contributed by atoms with Crippen molar-refractivity contribution >= 4 is 10.9 Å². The Balaban J connectivity index is 1.64. The third-order valence-electron chi connectivity index (χ3n) is 4.60. The quantitative estimate of drug-likeness (QED) is 0.721. The topological polar surface area (TPSA) is 41.8 Å². The van der Waals surface area contributed by atoms with Gasteiger partial charge in [-0.15, -0.1) is 0 Å². The number of fused-ring (bicyclic) bond motifs is 1. The predicted octanol–water partition coefficient (Wildman–Crippen LogP) is 2.38. The van der Waals surface area contributed by atoms with Crippen molar-refractivity contribution in [3.05, 3.63) is 71.4 Å². The maximum absolute atomic E-state index is 10.4. The van der Waals surface area contributed by atoms with Crippen LogP contribution in [0.4, 0.5) is 0 Å². The van der Waals surface area contributed by atoms with Gasteiger partial charge in [0.15, 0.2) is 0 Å². The molecule has 0 bridgehead atoms. The molecule has 3 aromatic rings. The zero-order valence-electron chi connectivity index (χ0n) is 13.9. The van der Waals surface area contributed by atoms with Crippen LogP contribution in [-0.2, 0) is 13.1 Å². The van der Waals surface area contributed by atoms with Crippen LogP contribution in [0.25, 0.3) is 10.9 Å². The van der Waals surface area contributed by atoms with E-state index in [0.29, 0.717) is 13.1 Å². The zero-order valence-corrected chi connectivity index (χ0v) is 13.9. The molecule has 0 unspecified atom stereocenters. The van der Waals surface area contributed by atoms with Gasteiger partial charge in [0.05, 0.1) is 6.54 Å². The minimum absolute atomic E-state index is 0.354. The molecule has 0 saturated heterocycles. The number of aliphatic hydroxyl groups excluding tert-OH is 1. The van der Waals surface area contributed by atoms with Gasteiger partial charge in [0.25, 0.3) is 0 Å². The number of benzene rings is 2. The van der Waals surface area contributed by atoms with E-state index in [9.17, 15) is 5.11 Å². The summed E-state index contributed by atoms with van der Waals surface area (Å²) in [4.78, 5) is 0. The Morgan fingerprint density at radius 2 is 1.70 bits per heavy atom. The normalized spacial score (nSPS) is 12.7. The summed E-state index contributed by atoms with van der Waals surface area (Å²) in [5, 5.41) is 13.9. The minimum Gasteiger partial charge on any atom is -0.385 e. The Labute approximate surface area is 137 Å². The number of rotatable bonds is 6. The molecule has 0 amide bonds. The lowest BCUT2D eigenvalue weighted by molar-refractivity contribution is -0.676. The van der Waals surface area contributed by atoms with E-state index < -0.39 is 0 Å². The maximum atomic E-state index is 10.4. The largest absolute Gasteiger partial charge is 0.385 e. The SMILES string of the molecule is Cc1c(C)n(C[C@H](O)C[NH2+]Cc2ccccc2)c2ccccc12. The molecule has 0 aliphatic heterocycles. The van der Waals surface area contributed by atoms with E-state index in [1.807, 2.05) is 6.07 Å². The first-order chi connectivity index (χ1) is 11.2. The molecule has 0 aliphatic rings. The molecule has 3 N–H and O–H groups in total. The highest BCUT2D eigenvalue weighted by atomic mass is 16.3. The molecule has 23 heavy (non-hydrogen) atoms. The lowest BCUT2D eigenvalue weighted by Gasteiger charge is -2.14. The molecule has 0 radical (unpaired) electrons. The summed E-state index contributed by atoms with van der Waals surface area (Å²) in [6, 6.07) is 18.8. The highest BCUT2D eigenvalue weighted by Gasteiger charge is 2.14. The number of para-hydroxylation sites is 1. The lowest BCUT2D eigenvalue weighted by Crippen LogP contribution is -2.85. The molecule has 1 heterocycles. The van der Waals surface area contributed by atoms with Gasteiger partial charge in [-0.3, -0.25) is 0 Å². The van der Waals surface area contributed by atoms with Crippen molar-refractivity contribution in [1.82, 2.24) is 4.57 Å². The number of quaternary nitrogens is 1. The second-order valence-electron chi connectivity index (χ2n) is 6.21. The van der Waals surface area contributed by atoms with Gasteiger partial charge < -0.3 is 15.0 Å². The fourth-order valence-corrected chi connectivity index (χ4v) is 3.18. The van der Waals surface area contributed by atoms with E-state index in [2.05, 4.69) is 72.3 Å². The van der Waals surface area contributed by atoms with Crippen LogP contribution in [0.5, 0.6) is 0 Å². The van der Waals surface area contributed by atoms with Crippen LogP contribution in [0.1, 0.15) is 16.8 Å². The summed E-state index contributed by atoms with van der Waals surface area (Å²) < 4.78 is 2.24. The summed E-state index contributed by atoms with van der Waals surface area (Å²) in [7, 11) is 0. The molecule has 0 spiro atoms. The molecule has 0 aliphatic carbocycles. The molecule has 0 fully saturated rings. The number of aliphatic hydroxyl groups is 1. The van der Waals surface area contributed by atoms with Gasteiger partial charge in [0.2, 0.25) is 0 Å². The first-order valence-corrected chi connectivity index (χ1v) is 8.25. The fraction of sp³-hybridized carbons (Fsp3) is 0.300. The van der Waals surface area contributed by atoms with Gasteiger partial charge in [-0.05, 0) is 25.5 Å². The van der Waals surface area contributed by atoms with Crippen LogP contribution in [-0.4, -0.2) is 22.3 Å². The van der Waals surface area contributed by atoms with Crippen LogP contribution in [0.2, 0.25) is 0 Å². The first kappa shape index (κ1) is 15.8. The van der Waals surface area contributed by atoms with Gasteiger partial charge >= 0.3 is 0 Å².